The van der Waals surface area contributed by atoms with Crippen molar-refractivity contribution in [1.29, 1.82) is 0 Å². The zero-order chi connectivity index (χ0) is 10.4. The molecule has 4 heteroatoms. The molecule has 1 saturated heterocycles. The molecular weight excluding hydrogens is 180 g/mol. The number of rotatable bonds is 5. The first-order valence-corrected chi connectivity index (χ1v) is 5.42. The van der Waals surface area contributed by atoms with Crippen molar-refractivity contribution >= 4 is 5.91 Å². The molecule has 0 radical (unpaired) electrons. The number of hydrogen-bond acceptors (Lipinski definition) is 3. The molecule has 4 nitrogen and oxygen atoms in total. The quantitative estimate of drug-likeness (QED) is 0.655. The third kappa shape index (κ3) is 2.96. The highest BCUT2D eigenvalue weighted by molar-refractivity contribution is 5.82. The van der Waals surface area contributed by atoms with Crippen LogP contribution in [-0.4, -0.2) is 48.2 Å². The van der Waals surface area contributed by atoms with Crippen LogP contribution >= 0.6 is 0 Å². The van der Waals surface area contributed by atoms with E-state index >= 15 is 0 Å². The van der Waals surface area contributed by atoms with Crippen LogP contribution in [0.3, 0.4) is 0 Å². The maximum atomic E-state index is 11.9. The van der Waals surface area contributed by atoms with Crippen molar-refractivity contribution in [2.45, 2.75) is 32.2 Å². The third-order valence-corrected chi connectivity index (χ3v) is 2.53. The van der Waals surface area contributed by atoms with E-state index < -0.39 is 0 Å². The standard InChI is InChI=1S/C10H20N2O2/c1-2-6-12(7-8-13)10(14)9-4-3-5-11-9/h9,11,13H,2-8H2,1H3/t9-/m1/s1. The van der Waals surface area contributed by atoms with Gasteiger partial charge in [0.1, 0.15) is 0 Å². The number of aliphatic hydroxyl groups is 1. The number of carbonyl (C=O) groups is 1. The highest BCUT2D eigenvalue weighted by Crippen LogP contribution is 2.08. The molecule has 1 fully saturated rings. The lowest BCUT2D eigenvalue weighted by atomic mass is 10.2. The van der Waals surface area contributed by atoms with Gasteiger partial charge in [0, 0.05) is 13.1 Å². The van der Waals surface area contributed by atoms with Crippen LogP contribution in [0.1, 0.15) is 26.2 Å². The summed E-state index contributed by atoms with van der Waals surface area (Å²) in [6, 6.07) is -0.00639. The molecule has 0 unspecified atom stereocenters. The van der Waals surface area contributed by atoms with Crippen LogP contribution < -0.4 is 5.32 Å². The van der Waals surface area contributed by atoms with Gasteiger partial charge in [0.25, 0.3) is 0 Å². The predicted molar refractivity (Wildman–Crippen MR) is 55.0 cm³/mol. The molecule has 1 aliphatic heterocycles. The van der Waals surface area contributed by atoms with Gasteiger partial charge in [-0.3, -0.25) is 4.79 Å². The Morgan fingerprint density at radius 3 is 2.86 bits per heavy atom. The number of aliphatic hydroxyl groups excluding tert-OH is 1. The first-order valence-electron chi connectivity index (χ1n) is 5.42. The maximum absolute atomic E-state index is 11.9. The molecule has 0 bridgehead atoms. The van der Waals surface area contributed by atoms with Crippen molar-refractivity contribution in [2.24, 2.45) is 0 Å². The van der Waals surface area contributed by atoms with E-state index in [4.69, 9.17) is 5.11 Å². The largest absolute Gasteiger partial charge is 0.395 e. The highest BCUT2D eigenvalue weighted by atomic mass is 16.3. The molecule has 0 saturated carbocycles. The lowest BCUT2D eigenvalue weighted by Gasteiger charge is -2.24. The first kappa shape index (κ1) is 11.5. The molecule has 0 aromatic carbocycles. The SMILES string of the molecule is CCCN(CCO)C(=O)[C@H]1CCCN1. The van der Waals surface area contributed by atoms with E-state index in [9.17, 15) is 4.79 Å². The van der Waals surface area contributed by atoms with Gasteiger partial charge >= 0.3 is 0 Å². The third-order valence-electron chi connectivity index (χ3n) is 2.53. The van der Waals surface area contributed by atoms with E-state index in [0.29, 0.717) is 6.54 Å². The molecule has 0 aliphatic carbocycles. The summed E-state index contributed by atoms with van der Waals surface area (Å²) >= 11 is 0. The lowest BCUT2D eigenvalue weighted by molar-refractivity contribution is -0.133. The molecule has 0 spiro atoms. The topological polar surface area (TPSA) is 52.6 Å². The molecular formula is C10H20N2O2. The minimum Gasteiger partial charge on any atom is -0.395 e. The van der Waals surface area contributed by atoms with Gasteiger partial charge < -0.3 is 15.3 Å². The summed E-state index contributed by atoms with van der Waals surface area (Å²) in [6.07, 6.45) is 2.96. The molecule has 14 heavy (non-hydrogen) atoms. The van der Waals surface area contributed by atoms with Crippen molar-refractivity contribution in [2.75, 3.05) is 26.2 Å². The minimum absolute atomic E-state index is 0.00639. The van der Waals surface area contributed by atoms with Crippen LogP contribution in [0, 0.1) is 0 Å². The Hall–Kier alpha value is -0.610. The van der Waals surface area contributed by atoms with Gasteiger partial charge in [-0.15, -0.1) is 0 Å². The molecule has 1 amide bonds. The van der Waals surface area contributed by atoms with Crippen molar-refractivity contribution in [3.05, 3.63) is 0 Å². The summed E-state index contributed by atoms with van der Waals surface area (Å²) in [5, 5.41) is 12.0. The van der Waals surface area contributed by atoms with Gasteiger partial charge in [-0.2, -0.15) is 0 Å². The summed E-state index contributed by atoms with van der Waals surface area (Å²) < 4.78 is 0. The minimum atomic E-state index is -0.00639. The molecule has 2 N–H and O–H groups in total. The number of nitrogens with zero attached hydrogens (tertiary/aromatic N) is 1. The Kier molecular flexibility index (Phi) is 4.90. The van der Waals surface area contributed by atoms with Crippen LogP contribution in [0.5, 0.6) is 0 Å². The molecule has 1 atom stereocenters. The second-order valence-electron chi connectivity index (χ2n) is 3.70. The Morgan fingerprint density at radius 2 is 2.36 bits per heavy atom. The zero-order valence-corrected chi connectivity index (χ0v) is 8.83. The van der Waals surface area contributed by atoms with Gasteiger partial charge in [-0.05, 0) is 25.8 Å². The van der Waals surface area contributed by atoms with E-state index in [-0.39, 0.29) is 18.6 Å². The fourth-order valence-electron chi connectivity index (χ4n) is 1.84. The number of nitrogens with one attached hydrogen (secondary N) is 1. The summed E-state index contributed by atoms with van der Waals surface area (Å²) in [5.74, 6) is 0.151. The van der Waals surface area contributed by atoms with E-state index in [2.05, 4.69) is 5.32 Å². The van der Waals surface area contributed by atoms with Crippen molar-refractivity contribution in [1.82, 2.24) is 10.2 Å². The van der Waals surface area contributed by atoms with Gasteiger partial charge in [0.05, 0.1) is 12.6 Å². The van der Waals surface area contributed by atoms with Gasteiger partial charge in [-0.1, -0.05) is 6.92 Å². The van der Waals surface area contributed by atoms with Gasteiger partial charge in [-0.25, -0.2) is 0 Å². The van der Waals surface area contributed by atoms with E-state index in [1.54, 1.807) is 4.90 Å². The molecule has 1 rings (SSSR count). The Bertz CT molecular complexity index is 173. The van der Waals surface area contributed by atoms with Crippen LogP contribution in [0.25, 0.3) is 0 Å². The van der Waals surface area contributed by atoms with Crippen molar-refractivity contribution in [3.63, 3.8) is 0 Å². The van der Waals surface area contributed by atoms with Crippen LogP contribution in [-0.2, 0) is 4.79 Å². The molecule has 0 aromatic rings. The van der Waals surface area contributed by atoms with Crippen LogP contribution in [0.4, 0.5) is 0 Å². The molecule has 1 aliphatic rings. The number of amides is 1. The number of hydrogen-bond donors (Lipinski definition) is 2. The average Bonchev–Trinajstić information content (AvgIpc) is 2.69. The molecule has 0 aromatic heterocycles. The fraction of sp³-hybridized carbons (Fsp3) is 0.900. The summed E-state index contributed by atoms with van der Waals surface area (Å²) in [5.41, 5.74) is 0. The van der Waals surface area contributed by atoms with E-state index in [0.717, 1.165) is 32.4 Å². The van der Waals surface area contributed by atoms with Gasteiger partial charge in [0.2, 0.25) is 5.91 Å². The Balaban J connectivity index is 2.43. The summed E-state index contributed by atoms with van der Waals surface area (Å²) in [4.78, 5) is 13.6. The summed E-state index contributed by atoms with van der Waals surface area (Å²) in [6.45, 7) is 4.25. The Morgan fingerprint density at radius 1 is 1.57 bits per heavy atom. The smallest absolute Gasteiger partial charge is 0.239 e. The predicted octanol–water partition coefficient (Wildman–Crippen LogP) is -0.0307. The van der Waals surface area contributed by atoms with Crippen molar-refractivity contribution in [3.8, 4) is 0 Å². The second-order valence-corrected chi connectivity index (χ2v) is 3.70. The molecule has 82 valence electrons. The Labute approximate surface area is 85.3 Å². The molecule has 1 heterocycles. The lowest BCUT2D eigenvalue weighted by Crippen LogP contribution is -2.45. The van der Waals surface area contributed by atoms with Crippen LogP contribution in [0.15, 0.2) is 0 Å². The summed E-state index contributed by atoms with van der Waals surface area (Å²) in [7, 11) is 0. The van der Waals surface area contributed by atoms with Crippen molar-refractivity contribution < 1.29 is 9.90 Å². The zero-order valence-electron chi connectivity index (χ0n) is 8.83. The monoisotopic (exact) mass is 200 g/mol. The second kappa shape index (κ2) is 5.98. The van der Waals surface area contributed by atoms with E-state index in [1.165, 1.54) is 0 Å². The van der Waals surface area contributed by atoms with Gasteiger partial charge in [0.15, 0.2) is 0 Å². The fourth-order valence-corrected chi connectivity index (χ4v) is 1.84. The first-order chi connectivity index (χ1) is 6.79. The highest BCUT2D eigenvalue weighted by Gasteiger charge is 2.25. The van der Waals surface area contributed by atoms with E-state index in [1.807, 2.05) is 6.92 Å². The average molecular weight is 200 g/mol. The maximum Gasteiger partial charge on any atom is 0.239 e. The normalized spacial score (nSPS) is 21.1. The van der Waals surface area contributed by atoms with Crippen LogP contribution in [0.2, 0.25) is 0 Å². The number of carbonyl (C=O) groups excluding carboxylic acids is 1.